The highest BCUT2D eigenvalue weighted by Gasteiger charge is 1.87. The standard InChI is InChI=1S/C13H15NO/c1-14-10-2-4-12-6-8-13(9-7-12)5-3-11-15/h2-9,11,14H,10H2,1H3/b4-2?,5-3+. The molecule has 1 aromatic carbocycles. The molecule has 0 radical (unpaired) electrons. The van der Waals surface area contributed by atoms with Gasteiger partial charge in [0.15, 0.2) is 0 Å². The summed E-state index contributed by atoms with van der Waals surface area (Å²) in [5, 5.41) is 3.04. The number of hydrogen-bond donors (Lipinski definition) is 1. The van der Waals surface area contributed by atoms with Crippen molar-refractivity contribution in [3.63, 3.8) is 0 Å². The smallest absolute Gasteiger partial charge is 0.142 e. The van der Waals surface area contributed by atoms with E-state index in [1.165, 1.54) is 6.08 Å². The molecule has 2 heteroatoms. The minimum absolute atomic E-state index is 0.779. The number of benzene rings is 1. The summed E-state index contributed by atoms with van der Waals surface area (Å²) in [7, 11) is 1.91. The van der Waals surface area contributed by atoms with Crippen molar-refractivity contribution in [3.8, 4) is 0 Å². The highest BCUT2D eigenvalue weighted by atomic mass is 16.1. The van der Waals surface area contributed by atoms with Crippen molar-refractivity contribution in [2.24, 2.45) is 0 Å². The fourth-order valence-electron chi connectivity index (χ4n) is 1.18. The van der Waals surface area contributed by atoms with E-state index in [1.807, 2.05) is 31.3 Å². The average Bonchev–Trinajstić information content (AvgIpc) is 2.28. The van der Waals surface area contributed by atoms with Crippen molar-refractivity contribution < 1.29 is 4.79 Å². The normalized spacial score (nSPS) is 11.3. The number of carbonyl (C=O) groups excluding carboxylic acids is 1. The van der Waals surface area contributed by atoms with Crippen LogP contribution in [-0.2, 0) is 4.79 Å². The maximum absolute atomic E-state index is 10.1. The minimum atomic E-state index is 0.779. The Morgan fingerprint density at radius 1 is 1.13 bits per heavy atom. The lowest BCUT2D eigenvalue weighted by Gasteiger charge is -1.95. The molecule has 0 fully saturated rings. The van der Waals surface area contributed by atoms with Crippen molar-refractivity contribution >= 4 is 18.4 Å². The topological polar surface area (TPSA) is 29.1 Å². The Labute approximate surface area is 90.3 Å². The van der Waals surface area contributed by atoms with E-state index in [4.69, 9.17) is 0 Å². The molecule has 0 spiro atoms. The summed E-state index contributed by atoms with van der Waals surface area (Å²) in [6.07, 6.45) is 8.18. The first-order valence-corrected chi connectivity index (χ1v) is 4.90. The van der Waals surface area contributed by atoms with E-state index in [9.17, 15) is 4.79 Å². The molecule has 2 nitrogen and oxygen atoms in total. The van der Waals surface area contributed by atoms with Crippen molar-refractivity contribution in [1.29, 1.82) is 0 Å². The van der Waals surface area contributed by atoms with Gasteiger partial charge in [0, 0.05) is 6.54 Å². The monoisotopic (exact) mass is 201 g/mol. The molecule has 0 saturated carbocycles. The van der Waals surface area contributed by atoms with Gasteiger partial charge in [-0.25, -0.2) is 0 Å². The van der Waals surface area contributed by atoms with Gasteiger partial charge in [-0.05, 0) is 24.3 Å². The first-order valence-electron chi connectivity index (χ1n) is 4.90. The summed E-state index contributed by atoms with van der Waals surface area (Å²) in [5.41, 5.74) is 2.20. The van der Waals surface area contributed by atoms with Crippen LogP contribution < -0.4 is 5.32 Å². The van der Waals surface area contributed by atoms with E-state index in [0.717, 1.165) is 24.0 Å². The number of likely N-dealkylation sites (N-methyl/N-ethyl adjacent to an activating group) is 1. The van der Waals surface area contributed by atoms with Crippen molar-refractivity contribution in [2.45, 2.75) is 0 Å². The van der Waals surface area contributed by atoms with Crippen LogP contribution in [0.1, 0.15) is 11.1 Å². The number of carbonyl (C=O) groups is 1. The lowest BCUT2D eigenvalue weighted by molar-refractivity contribution is -0.104. The molecular formula is C13H15NO. The van der Waals surface area contributed by atoms with Crippen LogP contribution in [0.4, 0.5) is 0 Å². The van der Waals surface area contributed by atoms with Gasteiger partial charge in [-0.2, -0.15) is 0 Å². The zero-order valence-electron chi connectivity index (χ0n) is 8.81. The average molecular weight is 201 g/mol. The van der Waals surface area contributed by atoms with Crippen LogP contribution in [0, 0.1) is 0 Å². The van der Waals surface area contributed by atoms with Gasteiger partial charge in [0.2, 0.25) is 0 Å². The number of hydrogen-bond acceptors (Lipinski definition) is 2. The van der Waals surface area contributed by atoms with Crippen LogP contribution in [0.3, 0.4) is 0 Å². The quantitative estimate of drug-likeness (QED) is 0.584. The molecule has 0 heterocycles. The van der Waals surface area contributed by atoms with Gasteiger partial charge >= 0.3 is 0 Å². The van der Waals surface area contributed by atoms with Crippen LogP contribution in [-0.4, -0.2) is 19.9 Å². The number of allylic oxidation sites excluding steroid dienone is 1. The Kier molecular flexibility index (Phi) is 5.12. The molecule has 0 aromatic heterocycles. The van der Waals surface area contributed by atoms with Gasteiger partial charge in [0.1, 0.15) is 6.29 Å². The number of nitrogens with one attached hydrogen (secondary N) is 1. The second kappa shape index (κ2) is 6.74. The van der Waals surface area contributed by atoms with Crippen LogP contribution in [0.25, 0.3) is 12.2 Å². The zero-order chi connectivity index (χ0) is 10.9. The predicted molar refractivity (Wildman–Crippen MR) is 64.5 cm³/mol. The third-order valence-electron chi connectivity index (χ3n) is 1.94. The highest BCUT2D eigenvalue weighted by molar-refractivity contribution is 5.74. The Morgan fingerprint density at radius 2 is 1.73 bits per heavy atom. The SMILES string of the molecule is CNCC=Cc1ccc(/C=C/C=O)cc1. The Bertz CT molecular complexity index is 349. The number of rotatable bonds is 5. The molecule has 78 valence electrons. The third-order valence-corrected chi connectivity index (χ3v) is 1.94. The minimum Gasteiger partial charge on any atom is -0.316 e. The van der Waals surface area contributed by atoms with Crippen molar-refractivity contribution in [2.75, 3.05) is 13.6 Å². The van der Waals surface area contributed by atoms with E-state index >= 15 is 0 Å². The molecule has 0 aliphatic heterocycles. The van der Waals surface area contributed by atoms with E-state index in [2.05, 4.69) is 17.5 Å². The predicted octanol–water partition coefficient (Wildman–Crippen LogP) is 2.13. The molecule has 15 heavy (non-hydrogen) atoms. The van der Waals surface area contributed by atoms with Gasteiger partial charge in [0.25, 0.3) is 0 Å². The fourth-order valence-corrected chi connectivity index (χ4v) is 1.18. The molecule has 0 aliphatic rings. The number of aldehydes is 1. The second-order valence-corrected chi connectivity index (χ2v) is 3.12. The lowest BCUT2D eigenvalue weighted by Crippen LogP contribution is -2.03. The molecule has 0 saturated heterocycles. The molecule has 0 bridgehead atoms. The van der Waals surface area contributed by atoms with Gasteiger partial charge in [-0.3, -0.25) is 4.79 Å². The van der Waals surface area contributed by atoms with Gasteiger partial charge < -0.3 is 5.32 Å². The fraction of sp³-hybridized carbons (Fsp3) is 0.154. The summed E-state index contributed by atoms with van der Waals surface area (Å²) in [5.74, 6) is 0. The highest BCUT2D eigenvalue weighted by Crippen LogP contribution is 2.07. The molecule has 0 amide bonds. The summed E-state index contributed by atoms with van der Waals surface area (Å²) < 4.78 is 0. The Hall–Kier alpha value is -1.67. The van der Waals surface area contributed by atoms with Gasteiger partial charge in [-0.1, -0.05) is 42.5 Å². The van der Waals surface area contributed by atoms with Crippen LogP contribution in [0.5, 0.6) is 0 Å². The first kappa shape index (κ1) is 11.4. The summed E-state index contributed by atoms with van der Waals surface area (Å²) >= 11 is 0. The molecule has 1 N–H and O–H groups in total. The molecule has 0 atom stereocenters. The van der Waals surface area contributed by atoms with Crippen molar-refractivity contribution in [1.82, 2.24) is 5.32 Å². The van der Waals surface area contributed by atoms with Crippen LogP contribution >= 0.6 is 0 Å². The van der Waals surface area contributed by atoms with E-state index in [-0.39, 0.29) is 0 Å². The molecular weight excluding hydrogens is 186 g/mol. The van der Waals surface area contributed by atoms with Gasteiger partial charge in [0.05, 0.1) is 0 Å². The van der Waals surface area contributed by atoms with E-state index < -0.39 is 0 Å². The molecule has 0 aliphatic carbocycles. The van der Waals surface area contributed by atoms with E-state index in [0.29, 0.717) is 0 Å². The first-order chi connectivity index (χ1) is 7.36. The van der Waals surface area contributed by atoms with Crippen molar-refractivity contribution in [3.05, 3.63) is 47.5 Å². The largest absolute Gasteiger partial charge is 0.316 e. The van der Waals surface area contributed by atoms with E-state index in [1.54, 1.807) is 6.08 Å². The van der Waals surface area contributed by atoms with Gasteiger partial charge in [-0.15, -0.1) is 0 Å². The summed E-state index contributed by atoms with van der Waals surface area (Å²) in [6, 6.07) is 8.02. The maximum Gasteiger partial charge on any atom is 0.142 e. The molecule has 0 unspecified atom stereocenters. The summed E-state index contributed by atoms with van der Waals surface area (Å²) in [4.78, 5) is 10.1. The molecule has 1 rings (SSSR count). The Balaban J connectivity index is 2.63. The van der Waals surface area contributed by atoms with Crippen LogP contribution in [0.15, 0.2) is 36.4 Å². The summed E-state index contributed by atoms with van der Waals surface area (Å²) in [6.45, 7) is 0.868. The Morgan fingerprint density at radius 3 is 2.27 bits per heavy atom. The molecule has 1 aromatic rings. The lowest BCUT2D eigenvalue weighted by atomic mass is 10.1. The zero-order valence-corrected chi connectivity index (χ0v) is 8.81. The maximum atomic E-state index is 10.1. The second-order valence-electron chi connectivity index (χ2n) is 3.12. The van der Waals surface area contributed by atoms with Crippen LogP contribution in [0.2, 0.25) is 0 Å². The third kappa shape index (κ3) is 4.38.